The van der Waals surface area contributed by atoms with Crippen molar-refractivity contribution in [3.05, 3.63) is 33.9 Å². The Hall–Kier alpha value is -1.14. The highest BCUT2D eigenvalue weighted by Gasteiger charge is 2.40. The summed E-state index contributed by atoms with van der Waals surface area (Å²) in [6.07, 6.45) is 3.69. The third-order valence-electron chi connectivity index (χ3n) is 4.59. The zero-order valence-electron chi connectivity index (χ0n) is 12.8. The zero-order valence-corrected chi connectivity index (χ0v) is 14.4. The molecule has 0 amide bonds. The molecule has 1 aliphatic carbocycles. The van der Waals surface area contributed by atoms with E-state index in [0.717, 1.165) is 17.8 Å². The fraction of sp³-hybridized carbons (Fsp3) is 0.600. The molecular formula is C15H22BrN3O2. The maximum absolute atomic E-state index is 10.9. The van der Waals surface area contributed by atoms with Crippen molar-refractivity contribution in [3.63, 3.8) is 0 Å². The summed E-state index contributed by atoms with van der Waals surface area (Å²) in [4.78, 5) is 15.1. The van der Waals surface area contributed by atoms with E-state index in [1.807, 2.05) is 6.07 Å². The topological polar surface area (TPSA) is 49.6 Å². The summed E-state index contributed by atoms with van der Waals surface area (Å²) in [6, 6.07) is 5.10. The highest BCUT2D eigenvalue weighted by atomic mass is 79.9. The van der Waals surface area contributed by atoms with Crippen molar-refractivity contribution >= 4 is 27.3 Å². The fourth-order valence-electron chi connectivity index (χ4n) is 3.02. The van der Waals surface area contributed by atoms with Crippen LogP contribution in [0.3, 0.4) is 0 Å². The van der Waals surface area contributed by atoms with Gasteiger partial charge in [0.25, 0.3) is 5.69 Å². The number of anilines is 1. The van der Waals surface area contributed by atoms with Gasteiger partial charge in [-0.3, -0.25) is 10.1 Å². The van der Waals surface area contributed by atoms with Crippen molar-refractivity contribution in [1.29, 1.82) is 0 Å². The van der Waals surface area contributed by atoms with E-state index < -0.39 is 0 Å². The van der Waals surface area contributed by atoms with Crippen LogP contribution in [0.25, 0.3) is 0 Å². The quantitative estimate of drug-likeness (QED) is 0.445. The number of non-ortho nitro benzene ring substituents is 1. The first kappa shape index (κ1) is 16.2. The Morgan fingerprint density at radius 3 is 2.43 bits per heavy atom. The van der Waals surface area contributed by atoms with Crippen LogP contribution in [0.5, 0.6) is 0 Å². The summed E-state index contributed by atoms with van der Waals surface area (Å²) < 4.78 is 0. The van der Waals surface area contributed by atoms with Crippen LogP contribution in [0, 0.1) is 10.1 Å². The molecule has 1 fully saturated rings. The Kier molecular flexibility index (Phi) is 4.88. The van der Waals surface area contributed by atoms with Crippen LogP contribution in [-0.2, 0) is 5.33 Å². The summed E-state index contributed by atoms with van der Waals surface area (Å²) in [5, 5.41) is 11.5. The first-order chi connectivity index (χ1) is 9.89. The molecule has 1 aliphatic rings. The van der Waals surface area contributed by atoms with E-state index in [1.165, 1.54) is 19.3 Å². The molecule has 0 unspecified atom stereocenters. The average molecular weight is 356 g/mol. The molecule has 0 spiro atoms. The lowest BCUT2D eigenvalue weighted by atomic mass is 9.75. The Morgan fingerprint density at radius 2 is 2.00 bits per heavy atom. The minimum absolute atomic E-state index is 0.146. The van der Waals surface area contributed by atoms with Crippen molar-refractivity contribution < 1.29 is 4.92 Å². The summed E-state index contributed by atoms with van der Waals surface area (Å²) in [7, 11) is 6.33. The molecule has 0 bridgehead atoms. The molecule has 116 valence electrons. The van der Waals surface area contributed by atoms with Crippen molar-refractivity contribution in [2.45, 2.75) is 30.1 Å². The minimum Gasteiger partial charge on any atom is -0.372 e. The SMILES string of the molecule is CN(CC1(N(C)C)CCC1)c1ccc([N+](=O)[O-])cc1CBr. The number of halogens is 1. The van der Waals surface area contributed by atoms with Crippen LogP contribution in [-0.4, -0.2) is 43.0 Å². The van der Waals surface area contributed by atoms with E-state index in [1.54, 1.807) is 12.1 Å². The molecule has 1 aromatic carbocycles. The van der Waals surface area contributed by atoms with Gasteiger partial charge < -0.3 is 9.80 Å². The first-order valence-electron chi connectivity index (χ1n) is 7.11. The number of nitrogens with zero attached hydrogens (tertiary/aromatic N) is 3. The Bertz CT molecular complexity index is 530. The van der Waals surface area contributed by atoms with E-state index in [2.05, 4.69) is 46.9 Å². The number of nitro groups is 1. The van der Waals surface area contributed by atoms with Gasteiger partial charge in [0.1, 0.15) is 0 Å². The van der Waals surface area contributed by atoms with Crippen LogP contribution in [0.4, 0.5) is 11.4 Å². The predicted octanol–water partition coefficient (Wildman–Crippen LogP) is 3.41. The van der Waals surface area contributed by atoms with Gasteiger partial charge in [0.05, 0.1) is 4.92 Å². The van der Waals surface area contributed by atoms with Crippen LogP contribution in [0.15, 0.2) is 18.2 Å². The molecular weight excluding hydrogens is 334 g/mol. The third kappa shape index (κ3) is 3.21. The largest absolute Gasteiger partial charge is 0.372 e. The van der Waals surface area contributed by atoms with Gasteiger partial charge >= 0.3 is 0 Å². The monoisotopic (exact) mass is 355 g/mol. The molecule has 5 nitrogen and oxygen atoms in total. The number of likely N-dealkylation sites (N-methyl/N-ethyl adjacent to an activating group) is 2. The van der Waals surface area contributed by atoms with Gasteiger partial charge in [-0.2, -0.15) is 0 Å². The van der Waals surface area contributed by atoms with Gasteiger partial charge in [-0.1, -0.05) is 15.9 Å². The molecule has 1 saturated carbocycles. The van der Waals surface area contributed by atoms with Gasteiger partial charge in [0.15, 0.2) is 0 Å². The van der Waals surface area contributed by atoms with E-state index in [9.17, 15) is 10.1 Å². The van der Waals surface area contributed by atoms with Crippen molar-refractivity contribution in [2.75, 3.05) is 32.6 Å². The Morgan fingerprint density at radius 1 is 1.33 bits per heavy atom. The molecule has 21 heavy (non-hydrogen) atoms. The minimum atomic E-state index is -0.344. The molecule has 0 aromatic heterocycles. The number of rotatable bonds is 6. The lowest BCUT2D eigenvalue weighted by molar-refractivity contribution is -0.384. The average Bonchev–Trinajstić information content (AvgIpc) is 2.41. The lowest BCUT2D eigenvalue weighted by Gasteiger charge is -2.49. The highest BCUT2D eigenvalue weighted by molar-refractivity contribution is 9.08. The number of hydrogen-bond acceptors (Lipinski definition) is 4. The van der Waals surface area contributed by atoms with Crippen LogP contribution < -0.4 is 4.90 Å². The second-order valence-electron chi connectivity index (χ2n) is 6.03. The van der Waals surface area contributed by atoms with Gasteiger partial charge in [-0.25, -0.2) is 0 Å². The fourth-order valence-corrected chi connectivity index (χ4v) is 3.47. The first-order valence-corrected chi connectivity index (χ1v) is 8.23. The molecule has 0 aliphatic heterocycles. The van der Waals surface area contributed by atoms with E-state index in [4.69, 9.17) is 0 Å². The third-order valence-corrected chi connectivity index (χ3v) is 5.20. The smallest absolute Gasteiger partial charge is 0.269 e. The Balaban J connectivity index is 2.22. The molecule has 0 atom stereocenters. The van der Waals surface area contributed by atoms with Crippen LogP contribution in [0.2, 0.25) is 0 Å². The maximum atomic E-state index is 10.9. The van der Waals surface area contributed by atoms with Crippen molar-refractivity contribution in [3.8, 4) is 0 Å². The van der Waals surface area contributed by atoms with E-state index in [-0.39, 0.29) is 16.1 Å². The van der Waals surface area contributed by atoms with Crippen LogP contribution >= 0.6 is 15.9 Å². The number of nitro benzene ring substituents is 1. The van der Waals surface area contributed by atoms with Gasteiger partial charge in [0.2, 0.25) is 0 Å². The van der Waals surface area contributed by atoms with Gasteiger partial charge in [-0.15, -0.1) is 0 Å². The van der Waals surface area contributed by atoms with Crippen molar-refractivity contribution in [1.82, 2.24) is 4.90 Å². The van der Waals surface area contributed by atoms with Gasteiger partial charge in [0, 0.05) is 42.3 Å². The molecule has 0 N–H and O–H groups in total. The second kappa shape index (κ2) is 6.32. The number of hydrogen-bond donors (Lipinski definition) is 0. The normalized spacial score (nSPS) is 16.6. The molecule has 0 radical (unpaired) electrons. The highest BCUT2D eigenvalue weighted by Crippen LogP contribution is 2.38. The molecule has 0 heterocycles. The Labute approximate surface area is 134 Å². The summed E-state index contributed by atoms with van der Waals surface area (Å²) in [5.74, 6) is 0. The number of alkyl halides is 1. The predicted molar refractivity (Wildman–Crippen MR) is 89.3 cm³/mol. The number of benzene rings is 1. The summed E-state index contributed by atoms with van der Waals surface area (Å²) in [6.45, 7) is 0.942. The lowest BCUT2D eigenvalue weighted by Crippen LogP contribution is -2.56. The maximum Gasteiger partial charge on any atom is 0.269 e. The summed E-state index contributed by atoms with van der Waals surface area (Å²) in [5.41, 5.74) is 2.40. The summed E-state index contributed by atoms with van der Waals surface area (Å²) >= 11 is 3.44. The van der Waals surface area contributed by atoms with Crippen LogP contribution in [0.1, 0.15) is 24.8 Å². The molecule has 1 aromatic rings. The van der Waals surface area contributed by atoms with E-state index >= 15 is 0 Å². The van der Waals surface area contributed by atoms with Gasteiger partial charge in [-0.05, 0) is 45.0 Å². The molecule has 0 saturated heterocycles. The standard InChI is InChI=1S/C15H22BrN3O2/c1-17(2)15(7-4-8-15)11-18(3)14-6-5-13(19(20)21)9-12(14)10-16/h5-6,9H,4,7-8,10-11H2,1-3H3. The van der Waals surface area contributed by atoms with E-state index in [0.29, 0.717) is 5.33 Å². The zero-order chi connectivity index (χ0) is 15.6. The molecule has 2 rings (SSSR count). The molecule has 6 heteroatoms. The van der Waals surface area contributed by atoms with Crippen molar-refractivity contribution in [2.24, 2.45) is 0 Å². The second-order valence-corrected chi connectivity index (χ2v) is 6.59.